The first kappa shape index (κ1) is 65.6. The summed E-state index contributed by atoms with van der Waals surface area (Å²) in [5, 5.41) is -33.6. The van der Waals surface area contributed by atoms with Crippen LogP contribution >= 0.6 is 0 Å². The van der Waals surface area contributed by atoms with Crippen LogP contribution in [0.25, 0.3) is 0 Å². The zero-order valence-electron chi connectivity index (χ0n) is 35.5. The largest absolute Gasteiger partial charge is 0.501 e. The number of fused-ring (bicyclic) bond motifs is 4. The van der Waals surface area contributed by atoms with E-state index < -0.39 is 252 Å². The lowest BCUT2D eigenvalue weighted by atomic mass is 10.0. The molecular formula is C32H8F24O16S8. The van der Waals surface area contributed by atoms with E-state index in [1.165, 1.54) is 0 Å². The van der Waals surface area contributed by atoms with Gasteiger partial charge in [-0.05, 0) is 48.5 Å². The van der Waals surface area contributed by atoms with E-state index in [2.05, 4.69) is 0 Å². The monoisotopic (exact) mass is 1360 g/mol. The molecule has 0 heterocycles. The van der Waals surface area contributed by atoms with Crippen molar-refractivity contribution in [1.82, 2.24) is 0 Å². The summed E-state index contributed by atoms with van der Waals surface area (Å²) < 4.78 is 572. The molecule has 0 spiro atoms. The summed E-state index contributed by atoms with van der Waals surface area (Å²) in [6.07, 6.45) is 0. The fourth-order valence-electron chi connectivity index (χ4n) is 7.03. The van der Waals surface area contributed by atoms with Gasteiger partial charge in [-0.1, -0.05) is 0 Å². The van der Waals surface area contributed by atoms with Gasteiger partial charge < -0.3 is 0 Å². The molecule has 0 saturated heterocycles. The van der Waals surface area contributed by atoms with Gasteiger partial charge in [-0.15, -0.1) is 0 Å². The molecule has 0 aliphatic heterocycles. The second kappa shape index (κ2) is 18.1. The lowest BCUT2D eigenvalue weighted by Gasteiger charge is -2.21. The highest BCUT2D eigenvalue weighted by molar-refractivity contribution is 7.94. The van der Waals surface area contributed by atoms with Gasteiger partial charge in [0, 0.05) is 41.7 Å². The van der Waals surface area contributed by atoms with Crippen molar-refractivity contribution in [1.29, 1.82) is 0 Å². The van der Waals surface area contributed by atoms with E-state index in [-0.39, 0.29) is 0 Å². The number of hydrogen-bond donors (Lipinski definition) is 0. The average Bonchev–Trinajstić information content (AvgIpc) is 3.23. The Kier molecular flexibility index (Phi) is 14.9. The van der Waals surface area contributed by atoms with E-state index >= 15 is 0 Å². The summed E-state index contributed by atoms with van der Waals surface area (Å²) in [6.45, 7) is 0. The van der Waals surface area contributed by atoms with E-state index in [1.807, 2.05) is 0 Å². The maximum absolute atomic E-state index is 14.8. The molecule has 0 radical (unpaired) electrons. The molecule has 0 N–H and O–H groups in total. The van der Waals surface area contributed by atoms with Crippen LogP contribution in [0, 0.1) is 41.7 Å². The third kappa shape index (κ3) is 9.50. The molecular weight excluding hydrogens is 1350 g/mol. The van der Waals surface area contributed by atoms with Crippen LogP contribution in [0.3, 0.4) is 0 Å². The normalized spacial score (nSPS) is 15.3. The van der Waals surface area contributed by atoms with Gasteiger partial charge in [0.05, 0.1) is 39.2 Å². The molecule has 0 atom stereocenters. The summed E-state index contributed by atoms with van der Waals surface area (Å²) in [5.41, 5.74) is -61.4. The van der Waals surface area contributed by atoms with Crippen LogP contribution in [0.5, 0.6) is 0 Å². The Bertz CT molecular complexity index is 3840. The van der Waals surface area contributed by atoms with E-state index in [1.54, 1.807) is 0 Å². The van der Waals surface area contributed by atoms with Crippen molar-refractivity contribution >= 4 is 78.7 Å². The van der Waals surface area contributed by atoms with E-state index in [0.717, 1.165) is 0 Å². The molecule has 0 fully saturated rings. The van der Waals surface area contributed by atoms with E-state index in [9.17, 15) is 173 Å². The zero-order valence-corrected chi connectivity index (χ0v) is 42.0. The highest BCUT2D eigenvalue weighted by Gasteiger charge is 2.57. The molecule has 80 heavy (non-hydrogen) atoms. The van der Waals surface area contributed by atoms with Crippen molar-refractivity contribution in [3.63, 3.8) is 0 Å². The molecule has 0 amide bonds. The summed E-state index contributed by atoms with van der Waals surface area (Å²) in [7, 11) is -69.0. The molecule has 16 nitrogen and oxygen atoms in total. The molecule has 1 aliphatic rings. The Morgan fingerprint density at radius 2 is 0.225 bits per heavy atom. The molecule has 0 unspecified atom stereocenters. The highest BCUT2D eigenvalue weighted by atomic mass is 32.2. The van der Waals surface area contributed by atoms with Gasteiger partial charge in [0.1, 0.15) is 0 Å². The maximum Gasteiger partial charge on any atom is 0.501 e. The number of halogens is 24. The second-order valence-electron chi connectivity index (χ2n) is 14.8. The molecule has 5 rings (SSSR count). The van der Waals surface area contributed by atoms with Gasteiger partial charge in [-0.3, -0.25) is 0 Å². The molecule has 48 heteroatoms. The standard InChI is InChI=1S/C32H8F24O16S8/c33-25(34,35)73(57,58)9-1-2-10(74(59,60)26(36,37)38)18-17(9)19-11(75(61,62)27(39,40)41)3-4-13(77(65,66)29(45,46)47)21(19)23-15(79(69,70)31(51,52)53)7-8-16(80(71,72)32(54,55)56)24(23)22-14(78(67,68)30(48,49)50)6-5-12(20(18)22)76(63,64)28(42,43)44/h1-8H. The van der Waals surface area contributed by atoms with Crippen molar-refractivity contribution < 1.29 is 173 Å². The van der Waals surface area contributed by atoms with Crippen LogP contribution in [-0.2, 0) is 78.7 Å². The SMILES string of the molecule is O=S(=O)(c1ccc(S(=O)(=O)C(F)(F)F)c2c1=c1c(S(=O)(=O)C(F)(F)F)ccc(S(=O)(=O)C(F)(F)F)c1=c1c(S(=O)(=O)C(F)(F)F)ccc(S(=O)(=O)C(F)(F)F)c1=c1c(S(=O)(=O)C(F)(F)F)ccc(S(=O)(=O)C(F)(F)F)c1=2)C(F)(F)F. The molecule has 0 aromatic heterocycles. The summed E-state index contributed by atoms with van der Waals surface area (Å²) in [5.74, 6) is 0. The van der Waals surface area contributed by atoms with Crippen LogP contribution in [0.2, 0.25) is 0 Å². The fraction of sp³-hybridized carbons (Fsp3) is 0.250. The minimum absolute atomic E-state index is 1.59. The first-order valence-electron chi connectivity index (χ1n) is 18.1. The van der Waals surface area contributed by atoms with Gasteiger partial charge in [0.15, 0.2) is 0 Å². The molecule has 0 bridgehead atoms. The predicted molar refractivity (Wildman–Crippen MR) is 202 cm³/mol. The van der Waals surface area contributed by atoms with Crippen molar-refractivity contribution in [2.45, 2.75) is 83.2 Å². The summed E-state index contributed by atoms with van der Waals surface area (Å²) in [6, 6.07) is -12.7. The zero-order chi connectivity index (χ0) is 62.9. The van der Waals surface area contributed by atoms with Crippen molar-refractivity contribution in [2.24, 2.45) is 0 Å². The first-order valence-corrected chi connectivity index (χ1v) is 30.0. The smallest absolute Gasteiger partial charge is 0.214 e. The van der Waals surface area contributed by atoms with Gasteiger partial charge in [-0.25, -0.2) is 67.3 Å². The summed E-state index contributed by atoms with van der Waals surface area (Å²) in [4.78, 5) is -31.7. The molecule has 448 valence electrons. The topological polar surface area (TPSA) is 273 Å². The Labute approximate surface area is 423 Å². The third-order valence-electron chi connectivity index (χ3n) is 10.3. The van der Waals surface area contributed by atoms with Crippen LogP contribution in [0.4, 0.5) is 105 Å². The number of sulfone groups is 8. The first-order chi connectivity index (χ1) is 34.9. The quantitative estimate of drug-likeness (QED) is 0.136. The number of hydrogen-bond acceptors (Lipinski definition) is 16. The molecule has 1 aliphatic carbocycles. The van der Waals surface area contributed by atoms with Crippen LogP contribution in [0.1, 0.15) is 0 Å². The van der Waals surface area contributed by atoms with Crippen LogP contribution in [-0.4, -0.2) is 111 Å². The maximum atomic E-state index is 14.8. The number of alkyl halides is 24. The van der Waals surface area contributed by atoms with Crippen LogP contribution in [0.15, 0.2) is 87.7 Å². The Hall–Kier alpha value is -5.20. The Morgan fingerprint density at radius 1 is 0.163 bits per heavy atom. The fourth-order valence-corrected chi connectivity index (χ4v) is 14.8. The van der Waals surface area contributed by atoms with Gasteiger partial charge in [0.2, 0.25) is 0 Å². The second-order valence-corrected chi connectivity index (χ2v) is 30.1. The van der Waals surface area contributed by atoms with Crippen molar-refractivity contribution in [3.05, 3.63) is 90.3 Å². The van der Waals surface area contributed by atoms with E-state index in [4.69, 9.17) is 0 Å². The molecule has 0 saturated carbocycles. The lowest BCUT2D eigenvalue weighted by Crippen LogP contribution is -2.29. The minimum atomic E-state index is -8.63. The Balaban J connectivity index is 3.19. The highest BCUT2D eigenvalue weighted by Crippen LogP contribution is 2.46. The van der Waals surface area contributed by atoms with Crippen LogP contribution < -0.4 is 0 Å². The lowest BCUT2D eigenvalue weighted by molar-refractivity contribution is -0.0446. The molecule has 4 aromatic rings. The predicted octanol–water partition coefficient (Wildman–Crippen LogP) is 7.50. The Morgan fingerprint density at radius 3 is 0.275 bits per heavy atom. The van der Waals surface area contributed by atoms with E-state index in [0.29, 0.717) is 0 Å². The van der Waals surface area contributed by atoms with Crippen molar-refractivity contribution in [3.8, 4) is 0 Å². The van der Waals surface area contributed by atoms with Crippen molar-refractivity contribution in [2.75, 3.05) is 0 Å². The summed E-state index contributed by atoms with van der Waals surface area (Å²) >= 11 is 0. The number of benzene rings is 4. The average molecular weight is 1360 g/mol. The third-order valence-corrected chi connectivity index (χ3v) is 22.5. The molecule has 4 aromatic carbocycles. The van der Waals surface area contributed by atoms with Gasteiger partial charge in [0.25, 0.3) is 78.7 Å². The van der Waals surface area contributed by atoms with Gasteiger partial charge in [-0.2, -0.15) is 105 Å². The van der Waals surface area contributed by atoms with Gasteiger partial charge >= 0.3 is 44.1 Å². The minimum Gasteiger partial charge on any atom is -0.214 e. The number of rotatable bonds is 8.